The molecule has 2 aromatic rings. The summed E-state index contributed by atoms with van der Waals surface area (Å²) in [6.07, 6.45) is 2.80. The van der Waals surface area contributed by atoms with Crippen LogP contribution in [0.3, 0.4) is 0 Å². The Hall–Kier alpha value is -2.35. The van der Waals surface area contributed by atoms with Gasteiger partial charge in [-0.25, -0.2) is 0 Å². The molecule has 0 aromatic heterocycles. The van der Waals surface area contributed by atoms with Crippen molar-refractivity contribution >= 4 is 5.97 Å². The summed E-state index contributed by atoms with van der Waals surface area (Å²) in [4.78, 5) is 11.7. The number of ether oxygens (including phenoxy) is 1. The molecule has 0 bridgehead atoms. The zero-order valence-electron chi connectivity index (χ0n) is 11.9. The van der Waals surface area contributed by atoms with Gasteiger partial charge in [0.2, 0.25) is 0 Å². The van der Waals surface area contributed by atoms with Gasteiger partial charge in [-0.3, -0.25) is 4.79 Å². The number of allylic oxidation sites excluding steroid dienone is 1. The van der Waals surface area contributed by atoms with Crippen molar-refractivity contribution in [2.75, 3.05) is 6.61 Å². The van der Waals surface area contributed by atoms with Gasteiger partial charge in [0.15, 0.2) is 0 Å². The van der Waals surface area contributed by atoms with E-state index in [1.807, 2.05) is 24.3 Å². The minimum Gasteiger partial charge on any atom is -0.465 e. The Morgan fingerprint density at radius 1 is 1.05 bits per heavy atom. The lowest BCUT2D eigenvalue weighted by Crippen LogP contribution is -2.12. The van der Waals surface area contributed by atoms with Crippen LogP contribution in [-0.4, -0.2) is 12.6 Å². The van der Waals surface area contributed by atoms with Gasteiger partial charge in [0, 0.05) is 12.3 Å². The van der Waals surface area contributed by atoms with Gasteiger partial charge in [-0.15, -0.1) is 6.58 Å². The van der Waals surface area contributed by atoms with Crippen LogP contribution in [0.5, 0.6) is 0 Å². The number of rotatable bonds is 5. The van der Waals surface area contributed by atoms with E-state index < -0.39 is 0 Å². The molecule has 3 rings (SSSR count). The zero-order valence-corrected chi connectivity index (χ0v) is 11.9. The van der Waals surface area contributed by atoms with Crippen molar-refractivity contribution in [3.05, 3.63) is 72.3 Å². The summed E-state index contributed by atoms with van der Waals surface area (Å²) < 4.78 is 5.46. The van der Waals surface area contributed by atoms with E-state index in [9.17, 15) is 4.79 Å². The monoisotopic (exact) mass is 278 g/mol. The summed E-state index contributed by atoms with van der Waals surface area (Å²) in [5, 5.41) is 0. The van der Waals surface area contributed by atoms with Crippen LogP contribution in [0.4, 0.5) is 0 Å². The average molecular weight is 278 g/mol. The van der Waals surface area contributed by atoms with Crippen LogP contribution in [0.25, 0.3) is 11.1 Å². The van der Waals surface area contributed by atoms with Crippen molar-refractivity contribution in [2.45, 2.75) is 18.8 Å². The first-order valence-corrected chi connectivity index (χ1v) is 7.26. The number of hydrogen-bond donors (Lipinski definition) is 0. The molecule has 0 N–H and O–H groups in total. The third-order valence-electron chi connectivity index (χ3n) is 3.93. The van der Waals surface area contributed by atoms with Crippen LogP contribution in [0, 0.1) is 0 Å². The van der Waals surface area contributed by atoms with E-state index in [0.717, 1.165) is 0 Å². The molecule has 0 unspecified atom stereocenters. The van der Waals surface area contributed by atoms with Crippen LogP contribution >= 0.6 is 0 Å². The normalized spacial score (nSPS) is 12.6. The van der Waals surface area contributed by atoms with Crippen LogP contribution in [0.1, 0.15) is 29.9 Å². The van der Waals surface area contributed by atoms with E-state index in [-0.39, 0.29) is 11.9 Å². The van der Waals surface area contributed by atoms with E-state index in [4.69, 9.17) is 4.74 Å². The molecule has 2 heteroatoms. The number of fused-ring (bicyclic) bond motifs is 3. The van der Waals surface area contributed by atoms with Crippen LogP contribution in [0.2, 0.25) is 0 Å². The predicted octanol–water partition coefficient (Wildman–Crippen LogP) is 4.31. The Morgan fingerprint density at radius 2 is 1.62 bits per heavy atom. The number of carbonyl (C=O) groups excluding carboxylic acids is 1. The summed E-state index contributed by atoms with van der Waals surface area (Å²) in [6, 6.07) is 16.7. The van der Waals surface area contributed by atoms with Crippen molar-refractivity contribution in [1.29, 1.82) is 0 Å². The Kier molecular flexibility index (Phi) is 3.87. The standard InChI is InChI=1S/C19H18O2/c1-2-3-12-19(20)21-13-18-16-10-6-4-8-14(16)15-9-5-7-11-17(15)18/h2,4-11,18H,1,3,12-13H2. The zero-order chi connectivity index (χ0) is 14.7. The Bertz CT molecular complexity index is 627. The maximum Gasteiger partial charge on any atom is 0.306 e. The summed E-state index contributed by atoms with van der Waals surface area (Å²) >= 11 is 0. The van der Waals surface area contributed by atoms with Gasteiger partial charge in [-0.2, -0.15) is 0 Å². The molecule has 0 amide bonds. The van der Waals surface area contributed by atoms with Crippen molar-refractivity contribution < 1.29 is 9.53 Å². The second-order valence-corrected chi connectivity index (χ2v) is 5.24. The van der Waals surface area contributed by atoms with Gasteiger partial charge in [0.05, 0.1) is 0 Å². The first kappa shape index (κ1) is 13.6. The molecule has 0 aliphatic heterocycles. The SMILES string of the molecule is C=CCCC(=O)OCC1c2ccccc2-c2ccccc21. The Balaban J connectivity index is 1.82. The van der Waals surface area contributed by atoms with Crippen molar-refractivity contribution in [3.63, 3.8) is 0 Å². The second kappa shape index (κ2) is 5.96. The van der Waals surface area contributed by atoms with E-state index in [2.05, 4.69) is 30.8 Å². The lowest BCUT2D eigenvalue weighted by atomic mass is 9.98. The molecule has 1 aliphatic rings. The number of benzene rings is 2. The van der Waals surface area contributed by atoms with Crippen LogP contribution in [0.15, 0.2) is 61.2 Å². The highest BCUT2D eigenvalue weighted by atomic mass is 16.5. The third kappa shape index (κ3) is 2.62. The molecular formula is C19H18O2. The summed E-state index contributed by atoms with van der Waals surface area (Å²) in [5.41, 5.74) is 4.99. The highest BCUT2D eigenvalue weighted by molar-refractivity contribution is 5.79. The van der Waals surface area contributed by atoms with Gasteiger partial charge in [-0.05, 0) is 28.7 Å². The van der Waals surface area contributed by atoms with Crippen LogP contribution < -0.4 is 0 Å². The molecule has 1 aliphatic carbocycles. The minimum atomic E-state index is -0.156. The fourth-order valence-corrected chi connectivity index (χ4v) is 2.91. The number of esters is 1. The molecule has 0 fully saturated rings. The molecule has 0 saturated carbocycles. The first-order valence-electron chi connectivity index (χ1n) is 7.26. The second-order valence-electron chi connectivity index (χ2n) is 5.24. The molecule has 0 spiro atoms. The third-order valence-corrected chi connectivity index (χ3v) is 3.93. The summed E-state index contributed by atoms with van der Waals surface area (Å²) in [7, 11) is 0. The fourth-order valence-electron chi connectivity index (χ4n) is 2.91. The van der Waals surface area contributed by atoms with Crippen molar-refractivity contribution in [3.8, 4) is 11.1 Å². The van der Waals surface area contributed by atoms with E-state index in [0.29, 0.717) is 19.4 Å². The highest BCUT2D eigenvalue weighted by Gasteiger charge is 2.28. The summed E-state index contributed by atoms with van der Waals surface area (Å²) in [5.74, 6) is -0.0122. The van der Waals surface area contributed by atoms with Crippen LogP contribution in [-0.2, 0) is 9.53 Å². The molecule has 0 atom stereocenters. The van der Waals surface area contributed by atoms with E-state index in [1.54, 1.807) is 6.08 Å². The lowest BCUT2D eigenvalue weighted by Gasteiger charge is -2.13. The van der Waals surface area contributed by atoms with Crippen molar-refractivity contribution in [2.24, 2.45) is 0 Å². The van der Waals surface area contributed by atoms with Gasteiger partial charge >= 0.3 is 5.97 Å². The molecule has 2 aromatic carbocycles. The number of carbonyl (C=O) groups is 1. The number of hydrogen-bond acceptors (Lipinski definition) is 2. The largest absolute Gasteiger partial charge is 0.465 e. The van der Waals surface area contributed by atoms with Gasteiger partial charge in [0.1, 0.15) is 6.61 Å². The molecule has 0 heterocycles. The molecule has 2 nitrogen and oxygen atoms in total. The quantitative estimate of drug-likeness (QED) is 0.602. The van der Waals surface area contributed by atoms with Gasteiger partial charge in [0.25, 0.3) is 0 Å². The molecular weight excluding hydrogens is 260 g/mol. The Morgan fingerprint density at radius 3 is 2.19 bits per heavy atom. The Labute approximate surface area is 125 Å². The van der Waals surface area contributed by atoms with Gasteiger partial charge in [-0.1, -0.05) is 54.6 Å². The first-order chi connectivity index (χ1) is 10.3. The van der Waals surface area contributed by atoms with E-state index in [1.165, 1.54) is 22.3 Å². The van der Waals surface area contributed by atoms with Crippen molar-refractivity contribution in [1.82, 2.24) is 0 Å². The molecule has 21 heavy (non-hydrogen) atoms. The molecule has 0 saturated heterocycles. The smallest absolute Gasteiger partial charge is 0.306 e. The lowest BCUT2D eigenvalue weighted by molar-refractivity contribution is -0.143. The average Bonchev–Trinajstić information content (AvgIpc) is 2.85. The highest BCUT2D eigenvalue weighted by Crippen LogP contribution is 2.44. The predicted molar refractivity (Wildman–Crippen MR) is 84.1 cm³/mol. The topological polar surface area (TPSA) is 26.3 Å². The maximum atomic E-state index is 11.7. The van der Waals surface area contributed by atoms with Gasteiger partial charge < -0.3 is 4.74 Å². The maximum absolute atomic E-state index is 11.7. The minimum absolute atomic E-state index is 0.144. The molecule has 0 radical (unpaired) electrons. The van der Waals surface area contributed by atoms with E-state index >= 15 is 0 Å². The summed E-state index contributed by atoms with van der Waals surface area (Å²) in [6.45, 7) is 4.03. The fraction of sp³-hybridized carbons (Fsp3) is 0.211. The molecule has 106 valence electrons.